The van der Waals surface area contributed by atoms with E-state index in [9.17, 15) is 9.90 Å². The molecule has 0 aliphatic carbocycles. The molecule has 4 heteroatoms. The summed E-state index contributed by atoms with van der Waals surface area (Å²) in [5.41, 5.74) is 1.97. The van der Waals surface area contributed by atoms with Crippen molar-refractivity contribution in [2.24, 2.45) is 0 Å². The molecule has 0 saturated carbocycles. The molecule has 1 fully saturated rings. The topological polar surface area (TPSA) is 52.6 Å². The fourth-order valence-corrected chi connectivity index (χ4v) is 3.15. The molecule has 120 valence electrons. The molecule has 23 heavy (non-hydrogen) atoms. The lowest BCUT2D eigenvalue weighted by atomic mass is 9.89. The van der Waals surface area contributed by atoms with E-state index in [0.717, 1.165) is 17.7 Å². The molecule has 0 aromatic heterocycles. The van der Waals surface area contributed by atoms with Crippen LogP contribution in [0.25, 0.3) is 0 Å². The van der Waals surface area contributed by atoms with E-state index in [1.807, 2.05) is 65.6 Å². The van der Waals surface area contributed by atoms with Crippen LogP contribution in [0.5, 0.6) is 0 Å². The van der Waals surface area contributed by atoms with Crippen LogP contribution >= 0.6 is 0 Å². The van der Waals surface area contributed by atoms with E-state index in [2.05, 4.69) is 5.32 Å². The van der Waals surface area contributed by atoms with Crippen molar-refractivity contribution in [3.8, 4) is 0 Å². The summed E-state index contributed by atoms with van der Waals surface area (Å²) in [6.45, 7) is 2.01. The maximum Gasteiger partial charge on any atom is 0.234 e. The van der Waals surface area contributed by atoms with Gasteiger partial charge in [-0.25, -0.2) is 0 Å². The number of piperazine rings is 1. The summed E-state index contributed by atoms with van der Waals surface area (Å²) in [6.07, 6.45) is 0. The Bertz CT molecular complexity index is 591. The average Bonchev–Trinajstić information content (AvgIpc) is 2.63. The Kier molecular flexibility index (Phi) is 5.05. The molecule has 4 nitrogen and oxygen atoms in total. The molecule has 1 aliphatic rings. The van der Waals surface area contributed by atoms with Crippen LogP contribution in [0.1, 0.15) is 17.0 Å². The minimum Gasteiger partial charge on any atom is -0.394 e. The summed E-state index contributed by atoms with van der Waals surface area (Å²) in [4.78, 5) is 15.1. The fraction of sp³-hybridized carbons (Fsp3) is 0.316. The number of rotatable bonds is 4. The number of aliphatic hydroxyl groups is 1. The number of amides is 1. The van der Waals surface area contributed by atoms with Gasteiger partial charge in [-0.05, 0) is 11.1 Å². The predicted octanol–water partition coefficient (Wildman–Crippen LogP) is 1.61. The SMILES string of the molecule is O=C(C(c1ccccc1)c1ccccc1)N1CCNC[C@H]1CO. The van der Waals surface area contributed by atoms with Gasteiger partial charge in [0, 0.05) is 19.6 Å². The third kappa shape index (κ3) is 3.44. The predicted molar refractivity (Wildman–Crippen MR) is 90.2 cm³/mol. The smallest absolute Gasteiger partial charge is 0.234 e. The number of hydrogen-bond donors (Lipinski definition) is 2. The Labute approximate surface area is 136 Å². The van der Waals surface area contributed by atoms with Gasteiger partial charge in [0.2, 0.25) is 5.91 Å². The first-order chi connectivity index (χ1) is 11.3. The van der Waals surface area contributed by atoms with Gasteiger partial charge in [-0.2, -0.15) is 0 Å². The van der Waals surface area contributed by atoms with E-state index in [-0.39, 0.29) is 24.5 Å². The van der Waals surface area contributed by atoms with E-state index < -0.39 is 0 Å². The molecule has 1 amide bonds. The quantitative estimate of drug-likeness (QED) is 0.902. The lowest BCUT2D eigenvalue weighted by Gasteiger charge is -2.37. The van der Waals surface area contributed by atoms with Gasteiger partial charge in [0.15, 0.2) is 0 Å². The van der Waals surface area contributed by atoms with Gasteiger partial charge in [-0.3, -0.25) is 4.79 Å². The highest BCUT2D eigenvalue weighted by molar-refractivity contribution is 5.87. The zero-order valence-electron chi connectivity index (χ0n) is 13.1. The third-order valence-electron chi connectivity index (χ3n) is 4.36. The van der Waals surface area contributed by atoms with Crippen molar-refractivity contribution >= 4 is 5.91 Å². The van der Waals surface area contributed by atoms with Gasteiger partial charge in [0.05, 0.1) is 18.6 Å². The first kappa shape index (κ1) is 15.7. The first-order valence-corrected chi connectivity index (χ1v) is 8.03. The van der Waals surface area contributed by atoms with Gasteiger partial charge in [-0.15, -0.1) is 0 Å². The van der Waals surface area contributed by atoms with Crippen LogP contribution < -0.4 is 5.32 Å². The molecule has 0 radical (unpaired) electrons. The summed E-state index contributed by atoms with van der Waals surface area (Å²) in [7, 11) is 0. The highest BCUT2D eigenvalue weighted by atomic mass is 16.3. The molecule has 3 rings (SSSR count). The summed E-state index contributed by atoms with van der Waals surface area (Å²) in [5.74, 6) is -0.271. The van der Waals surface area contributed by atoms with Gasteiger partial charge in [-0.1, -0.05) is 60.7 Å². The molecule has 0 spiro atoms. The van der Waals surface area contributed by atoms with Crippen molar-refractivity contribution in [2.45, 2.75) is 12.0 Å². The molecular weight excluding hydrogens is 288 g/mol. The Morgan fingerprint density at radius 1 is 1.09 bits per heavy atom. The van der Waals surface area contributed by atoms with E-state index >= 15 is 0 Å². The van der Waals surface area contributed by atoms with Crippen molar-refractivity contribution in [3.63, 3.8) is 0 Å². The number of nitrogens with zero attached hydrogens (tertiary/aromatic N) is 1. The lowest BCUT2D eigenvalue weighted by molar-refractivity contribution is -0.136. The van der Waals surface area contributed by atoms with Crippen molar-refractivity contribution in [1.29, 1.82) is 0 Å². The van der Waals surface area contributed by atoms with E-state index in [4.69, 9.17) is 0 Å². The lowest BCUT2D eigenvalue weighted by Crippen LogP contribution is -2.56. The first-order valence-electron chi connectivity index (χ1n) is 8.03. The number of hydrogen-bond acceptors (Lipinski definition) is 3. The Hall–Kier alpha value is -2.17. The molecule has 1 heterocycles. The molecule has 2 aromatic rings. The van der Waals surface area contributed by atoms with E-state index in [1.54, 1.807) is 0 Å². The monoisotopic (exact) mass is 310 g/mol. The largest absolute Gasteiger partial charge is 0.394 e. The second kappa shape index (κ2) is 7.40. The Morgan fingerprint density at radius 3 is 2.17 bits per heavy atom. The molecule has 1 saturated heterocycles. The molecule has 0 unspecified atom stereocenters. The van der Waals surface area contributed by atoms with Crippen LogP contribution in [-0.2, 0) is 4.79 Å². The molecule has 1 aliphatic heterocycles. The maximum absolute atomic E-state index is 13.3. The van der Waals surface area contributed by atoms with Crippen LogP contribution in [0.15, 0.2) is 60.7 Å². The number of nitrogens with one attached hydrogen (secondary N) is 1. The standard InChI is InChI=1S/C19H22N2O2/c22-14-17-13-20-11-12-21(17)19(23)18(15-7-3-1-4-8-15)16-9-5-2-6-10-16/h1-10,17-18,20,22H,11-14H2/t17-/m0/s1. The highest BCUT2D eigenvalue weighted by Gasteiger charge is 2.32. The van der Waals surface area contributed by atoms with Crippen molar-refractivity contribution in [3.05, 3.63) is 71.8 Å². The third-order valence-corrected chi connectivity index (χ3v) is 4.36. The minimum absolute atomic E-state index is 0.0188. The Morgan fingerprint density at radius 2 is 1.65 bits per heavy atom. The number of aliphatic hydroxyl groups excluding tert-OH is 1. The zero-order chi connectivity index (χ0) is 16.1. The van der Waals surface area contributed by atoms with Crippen LogP contribution in [0.3, 0.4) is 0 Å². The van der Waals surface area contributed by atoms with Gasteiger partial charge < -0.3 is 15.3 Å². The van der Waals surface area contributed by atoms with Crippen LogP contribution in [0.2, 0.25) is 0 Å². The van der Waals surface area contributed by atoms with Gasteiger partial charge in [0.1, 0.15) is 0 Å². The molecular formula is C19H22N2O2. The summed E-state index contributed by atoms with van der Waals surface area (Å²) in [5, 5.41) is 12.8. The zero-order valence-corrected chi connectivity index (χ0v) is 13.1. The van der Waals surface area contributed by atoms with Crippen LogP contribution in [0, 0.1) is 0 Å². The second-order valence-corrected chi connectivity index (χ2v) is 5.83. The summed E-state index contributed by atoms with van der Waals surface area (Å²) in [6, 6.07) is 19.6. The normalized spacial score (nSPS) is 18.2. The highest BCUT2D eigenvalue weighted by Crippen LogP contribution is 2.27. The van der Waals surface area contributed by atoms with E-state index in [1.165, 1.54) is 0 Å². The maximum atomic E-state index is 13.3. The van der Waals surface area contributed by atoms with Crippen molar-refractivity contribution < 1.29 is 9.90 Å². The van der Waals surface area contributed by atoms with Crippen LogP contribution in [0.4, 0.5) is 0 Å². The molecule has 1 atom stereocenters. The van der Waals surface area contributed by atoms with Crippen molar-refractivity contribution in [2.75, 3.05) is 26.2 Å². The number of carbonyl (C=O) groups is 1. The number of benzene rings is 2. The minimum atomic E-state index is -0.329. The van der Waals surface area contributed by atoms with Crippen LogP contribution in [-0.4, -0.2) is 48.2 Å². The molecule has 2 N–H and O–H groups in total. The summed E-state index contributed by atoms with van der Waals surface area (Å²) >= 11 is 0. The van der Waals surface area contributed by atoms with Gasteiger partial charge in [0.25, 0.3) is 0 Å². The second-order valence-electron chi connectivity index (χ2n) is 5.83. The van der Waals surface area contributed by atoms with Gasteiger partial charge >= 0.3 is 0 Å². The molecule has 0 bridgehead atoms. The van der Waals surface area contributed by atoms with E-state index in [0.29, 0.717) is 13.1 Å². The molecule has 2 aromatic carbocycles. The van der Waals surface area contributed by atoms with Crippen molar-refractivity contribution in [1.82, 2.24) is 10.2 Å². The summed E-state index contributed by atoms with van der Waals surface area (Å²) < 4.78 is 0. The number of carbonyl (C=O) groups excluding carboxylic acids is 1. The fourth-order valence-electron chi connectivity index (χ4n) is 3.15. The Balaban J connectivity index is 1.96. The average molecular weight is 310 g/mol.